The standard InChI is InChI=1S/C23H25N3O4S/c1-14-6-4-5-7-17(14)25-23-26(16-9-10-16)22(28)20(31-23)13-21(27)24-15-8-11-18(29-2)19(12-15)30-3/h4-8,11-12,16,20H,9-10,13H2,1-3H3,(H,24,27)/t20-/m1/s1. The van der Waals surface area contributed by atoms with Gasteiger partial charge in [0.15, 0.2) is 16.7 Å². The van der Waals surface area contributed by atoms with E-state index < -0.39 is 5.25 Å². The number of nitrogens with zero attached hydrogens (tertiary/aromatic N) is 2. The number of benzene rings is 2. The number of amides is 2. The van der Waals surface area contributed by atoms with Crippen molar-refractivity contribution in [3.63, 3.8) is 0 Å². The fraction of sp³-hybridized carbons (Fsp3) is 0.348. The van der Waals surface area contributed by atoms with E-state index in [1.807, 2.05) is 31.2 Å². The molecule has 1 atom stereocenters. The van der Waals surface area contributed by atoms with Crippen LogP contribution in [0.2, 0.25) is 0 Å². The van der Waals surface area contributed by atoms with Crippen molar-refractivity contribution in [2.24, 2.45) is 4.99 Å². The van der Waals surface area contributed by atoms with Crippen LogP contribution in [0, 0.1) is 6.92 Å². The summed E-state index contributed by atoms with van der Waals surface area (Å²) in [5.41, 5.74) is 2.48. The van der Waals surface area contributed by atoms with E-state index in [4.69, 9.17) is 14.5 Å². The summed E-state index contributed by atoms with van der Waals surface area (Å²) >= 11 is 1.37. The van der Waals surface area contributed by atoms with Gasteiger partial charge in [-0.1, -0.05) is 30.0 Å². The lowest BCUT2D eigenvalue weighted by atomic mass is 10.2. The second kappa shape index (κ2) is 9.01. The van der Waals surface area contributed by atoms with E-state index in [9.17, 15) is 9.59 Å². The first kappa shape index (κ1) is 21.2. The van der Waals surface area contributed by atoms with Crippen molar-refractivity contribution in [3.8, 4) is 11.5 Å². The fourth-order valence-corrected chi connectivity index (χ4v) is 4.66. The van der Waals surface area contributed by atoms with Crippen LogP contribution in [0.1, 0.15) is 24.8 Å². The van der Waals surface area contributed by atoms with Crippen molar-refractivity contribution in [2.75, 3.05) is 19.5 Å². The van der Waals surface area contributed by atoms with E-state index in [1.165, 1.54) is 11.8 Å². The third kappa shape index (κ3) is 4.69. The van der Waals surface area contributed by atoms with Crippen LogP contribution >= 0.6 is 11.8 Å². The lowest BCUT2D eigenvalue weighted by Gasteiger charge is -2.15. The summed E-state index contributed by atoms with van der Waals surface area (Å²) < 4.78 is 10.5. The van der Waals surface area contributed by atoms with E-state index >= 15 is 0 Å². The lowest BCUT2D eigenvalue weighted by molar-refractivity contribution is -0.128. The predicted molar refractivity (Wildman–Crippen MR) is 122 cm³/mol. The van der Waals surface area contributed by atoms with Crippen LogP contribution in [-0.4, -0.2) is 47.4 Å². The van der Waals surface area contributed by atoms with Crippen LogP contribution in [0.15, 0.2) is 47.5 Å². The summed E-state index contributed by atoms with van der Waals surface area (Å²) in [6, 6.07) is 13.2. The van der Waals surface area contributed by atoms with E-state index in [-0.39, 0.29) is 24.3 Å². The number of para-hydroxylation sites is 1. The Hall–Kier alpha value is -3.00. The molecule has 0 aromatic heterocycles. The molecule has 1 aliphatic carbocycles. The van der Waals surface area contributed by atoms with Crippen molar-refractivity contribution in [1.29, 1.82) is 0 Å². The molecule has 2 aliphatic rings. The molecule has 2 amide bonds. The molecule has 1 aliphatic heterocycles. The lowest BCUT2D eigenvalue weighted by Crippen LogP contribution is -2.35. The van der Waals surface area contributed by atoms with Gasteiger partial charge >= 0.3 is 0 Å². The molecule has 0 spiro atoms. The number of thioether (sulfide) groups is 1. The van der Waals surface area contributed by atoms with Gasteiger partial charge in [0, 0.05) is 24.2 Å². The van der Waals surface area contributed by atoms with E-state index in [2.05, 4.69) is 5.32 Å². The molecule has 0 unspecified atom stereocenters. The second-order valence-corrected chi connectivity index (χ2v) is 8.72. The molecule has 162 valence electrons. The van der Waals surface area contributed by atoms with Gasteiger partial charge in [0.1, 0.15) is 5.25 Å². The SMILES string of the molecule is COc1ccc(NC(=O)C[C@H]2SC(=Nc3ccccc3C)N(C3CC3)C2=O)cc1OC. The van der Waals surface area contributed by atoms with Gasteiger partial charge in [-0.2, -0.15) is 0 Å². The van der Waals surface area contributed by atoms with Crippen molar-refractivity contribution >= 4 is 40.1 Å². The Balaban J connectivity index is 1.48. The smallest absolute Gasteiger partial charge is 0.242 e. The number of amidine groups is 1. The number of carbonyl (C=O) groups excluding carboxylic acids is 2. The van der Waals surface area contributed by atoms with Gasteiger partial charge in [0.05, 0.1) is 19.9 Å². The van der Waals surface area contributed by atoms with E-state index in [0.717, 1.165) is 24.1 Å². The molecule has 1 heterocycles. The average molecular weight is 440 g/mol. The number of methoxy groups -OCH3 is 2. The quantitative estimate of drug-likeness (QED) is 0.702. The maximum Gasteiger partial charge on any atom is 0.242 e. The van der Waals surface area contributed by atoms with Gasteiger partial charge < -0.3 is 14.8 Å². The highest BCUT2D eigenvalue weighted by atomic mass is 32.2. The van der Waals surface area contributed by atoms with Crippen molar-refractivity contribution < 1.29 is 19.1 Å². The summed E-state index contributed by atoms with van der Waals surface area (Å²) in [6.45, 7) is 2.00. The van der Waals surface area contributed by atoms with Crippen LogP contribution in [0.4, 0.5) is 11.4 Å². The van der Waals surface area contributed by atoms with Crippen molar-refractivity contribution in [3.05, 3.63) is 48.0 Å². The topological polar surface area (TPSA) is 80.2 Å². The largest absolute Gasteiger partial charge is 0.493 e. The molecule has 7 nitrogen and oxygen atoms in total. The van der Waals surface area contributed by atoms with Crippen LogP contribution in [-0.2, 0) is 9.59 Å². The maximum absolute atomic E-state index is 13.1. The molecule has 0 radical (unpaired) electrons. The van der Waals surface area contributed by atoms with Crippen LogP contribution in [0.3, 0.4) is 0 Å². The molecule has 31 heavy (non-hydrogen) atoms. The number of aliphatic imine (C=N–C) groups is 1. The van der Waals surface area contributed by atoms with Crippen molar-refractivity contribution in [2.45, 2.75) is 37.5 Å². The highest BCUT2D eigenvalue weighted by molar-refractivity contribution is 8.15. The molecular weight excluding hydrogens is 414 g/mol. The molecule has 8 heteroatoms. The molecular formula is C23H25N3O4S. The number of ether oxygens (including phenoxy) is 2. The van der Waals surface area contributed by atoms with E-state index in [1.54, 1.807) is 37.3 Å². The van der Waals surface area contributed by atoms with E-state index in [0.29, 0.717) is 22.4 Å². The Bertz CT molecular complexity index is 1040. The Morgan fingerprint density at radius 1 is 1.16 bits per heavy atom. The maximum atomic E-state index is 13.1. The van der Waals surface area contributed by atoms with Crippen LogP contribution in [0.5, 0.6) is 11.5 Å². The number of carbonyl (C=O) groups is 2. The Labute approximate surface area is 185 Å². The predicted octanol–water partition coefficient (Wildman–Crippen LogP) is 4.13. The minimum atomic E-state index is -0.483. The number of rotatable bonds is 7. The number of anilines is 1. The molecule has 1 N–H and O–H groups in total. The van der Waals surface area contributed by atoms with Gasteiger partial charge in [-0.05, 0) is 43.5 Å². The molecule has 0 bridgehead atoms. The summed E-state index contributed by atoms with van der Waals surface area (Å²) in [6.07, 6.45) is 2.03. The average Bonchev–Trinajstić information content (AvgIpc) is 3.55. The minimum absolute atomic E-state index is 0.0395. The summed E-state index contributed by atoms with van der Waals surface area (Å²) in [7, 11) is 3.10. The molecule has 2 fully saturated rings. The third-order valence-corrected chi connectivity index (χ3v) is 6.40. The Morgan fingerprint density at radius 2 is 1.90 bits per heavy atom. The first-order valence-electron chi connectivity index (χ1n) is 10.2. The first-order chi connectivity index (χ1) is 15.0. The zero-order valence-electron chi connectivity index (χ0n) is 17.8. The number of aryl methyl sites for hydroxylation is 1. The number of nitrogens with one attached hydrogen (secondary N) is 1. The van der Waals surface area contributed by atoms with Crippen LogP contribution in [0.25, 0.3) is 0 Å². The number of hydrogen-bond acceptors (Lipinski definition) is 6. The molecule has 1 saturated carbocycles. The van der Waals surface area contributed by atoms with Crippen molar-refractivity contribution in [1.82, 2.24) is 4.90 Å². The molecule has 2 aromatic rings. The second-order valence-electron chi connectivity index (χ2n) is 7.55. The first-order valence-corrected chi connectivity index (χ1v) is 11.0. The van der Waals surface area contributed by atoms with Gasteiger partial charge in [-0.25, -0.2) is 4.99 Å². The highest BCUT2D eigenvalue weighted by Crippen LogP contribution is 2.40. The molecule has 4 rings (SSSR count). The molecule has 1 saturated heterocycles. The van der Waals surface area contributed by atoms with Gasteiger partial charge in [0.25, 0.3) is 0 Å². The fourth-order valence-electron chi connectivity index (χ4n) is 3.45. The number of hydrogen-bond donors (Lipinski definition) is 1. The minimum Gasteiger partial charge on any atom is -0.493 e. The van der Waals surface area contributed by atoms with Crippen LogP contribution < -0.4 is 14.8 Å². The summed E-state index contributed by atoms with van der Waals surface area (Å²) in [5, 5.41) is 3.05. The Morgan fingerprint density at radius 3 is 2.58 bits per heavy atom. The van der Waals surface area contributed by atoms with Gasteiger partial charge in [-0.3, -0.25) is 14.5 Å². The summed E-state index contributed by atoms with van der Waals surface area (Å²) in [5.74, 6) is 0.839. The highest BCUT2D eigenvalue weighted by Gasteiger charge is 2.46. The van der Waals surface area contributed by atoms with Gasteiger partial charge in [-0.15, -0.1) is 0 Å². The summed E-state index contributed by atoms with van der Waals surface area (Å²) in [4.78, 5) is 32.3. The molecule has 2 aromatic carbocycles. The third-order valence-electron chi connectivity index (χ3n) is 5.25. The zero-order valence-corrected chi connectivity index (χ0v) is 18.6. The zero-order chi connectivity index (χ0) is 22.0. The Kier molecular flexibility index (Phi) is 6.18. The normalized spacial score (nSPS) is 19.6. The van der Waals surface area contributed by atoms with Gasteiger partial charge in [0.2, 0.25) is 11.8 Å². The monoisotopic (exact) mass is 439 g/mol.